The lowest BCUT2D eigenvalue weighted by Crippen LogP contribution is -2.39. The Morgan fingerprint density at radius 3 is 2.50 bits per heavy atom. The summed E-state index contributed by atoms with van der Waals surface area (Å²) in [7, 11) is 1.84. The molecule has 4 aromatic heterocycles. The molecule has 0 aromatic carbocycles. The van der Waals surface area contributed by atoms with E-state index < -0.39 is 11.9 Å². The van der Waals surface area contributed by atoms with E-state index in [-0.39, 0.29) is 6.10 Å². The lowest BCUT2D eigenvalue weighted by atomic mass is 10.1. The Morgan fingerprint density at radius 2 is 1.82 bits per heavy atom. The molecule has 176 valence electrons. The maximum atomic E-state index is 13.0. The third kappa shape index (κ3) is 4.16. The van der Waals surface area contributed by atoms with Gasteiger partial charge in [-0.05, 0) is 26.0 Å². The molecule has 1 aliphatic heterocycles. The first-order valence-electron chi connectivity index (χ1n) is 10.6. The summed E-state index contributed by atoms with van der Waals surface area (Å²) in [6.45, 7) is 5.13. The topological polar surface area (TPSA) is 94.7 Å². The van der Waals surface area contributed by atoms with Crippen molar-refractivity contribution in [2.24, 2.45) is 7.05 Å². The van der Waals surface area contributed by atoms with Crippen LogP contribution < -0.4 is 4.90 Å². The Hall–Kier alpha value is -3.67. The van der Waals surface area contributed by atoms with Crippen molar-refractivity contribution in [3.8, 4) is 11.3 Å². The largest absolute Gasteiger partial charge is 0.433 e. The van der Waals surface area contributed by atoms with Crippen molar-refractivity contribution in [2.75, 3.05) is 24.6 Å². The van der Waals surface area contributed by atoms with E-state index in [1.165, 1.54) is 6.07 Å². The monoisotopic (exact) mass is 470 g/mol. The molecule has 12 heteroatoms. The van der Waals surface area contributed by atoms with Crippen LogP contribution in [-0.4, -0.2) is 54.4 Å². The summed E-state index contributed by atoms with van der Waals surface area (Å²) in [5, 5.41) is 4.21. The van der Waals surface area contributed by atoms with Crippen LogP contribution >= 0.6 is 0 Å². The van der Waals surface area contributed by atoms with Crippen molar-refractivity contribution in [1.29, 1.82) is 0 Å². The zero-order chi connectivity index (χ0) is 24.0. The van der Waals surface area contributed by atoms with Crippen molar-refractivity contribution in [3.05, 3.63) is 53.4 Å². The molecule has 0 N–H and O–H groups in total. The minimum absolute atomic E-state index is 0.219. The number of fused-ring (bicyclic) bond motifs is 1. The summed E-state index contributed by atoms with van der Waals surface area (Å²) < 4.78 is 46.7. The summed E-state index contributed by atoms with van der Waals surface area (Å²) in [5.41, 5.74) is 2.92. The summed E-state index contributed by atoms with van der Waals surface area (Å²) in [6, 6.07) is 2.28. The summed E-state index contributed by atoms with van der Waals surface area (Å²) >= 11 is 0. The maximum Gasteiger partial charge on any atom is 0.433 e. The molecule has 0 unspecified atom stereocenters. The second kappa shape index (κ2) is 8.28. The fraction of sp³-hybridized carbons (Fsp3) is 0.364. The van der Waals surface area contributed by atoms with E-state index in [1.807, 2.05) is 32.0 Å². The molecule has 5 heterocycles. The van der Waals surface area contributed by atoms with Gasteiger partial charge < -0.3 is 9.64 Å². The zero-order valence-electron chi connectivity index (χ0n) is 18.7. The number of ether oxygens (including phenoxy) is 1. The number of anilines is 1. The lowest BCUT2D eigenvalue weighted by molar-refractivity contribution is -0.141. The molecule has 1 aliphatic rings. The summed E-state index contributed by atoms with van der Waals surface area (Å²) in [4.78, 5) is 24.1. The Labute approximate surface area is 192 Å². The molecule has 4 aromatic rings. The Balaban J connectivity index is 1.58. The summed E-state index contributed by atoms with van der Waals surface area (Å²) in [6.07, 6.45) is 0.0607. The Morgan fingerprint density at radius 1 is 1.03 bits per heavy atom. The van der Waals surface area contributed by atoms with Gasteiger partial charge >= 0.3 is 6.18 Å². The highest BCUT2D eigenvalue weighted by atomic mass is 19.4. The first-order valence-corrected chi connectivity index (χ1v) is 10.6. The van der Waals surface area contributed by atoms with Crippen LogP contribution in [0.3, 0.4) is 0 Å². The van der Waals surface area contributed by atoms with Gasteiger partial charge in [-0.15, -0.1) is 0 Å². The zero-order valence-corrected chi connectivity index (χ0v) is 18.7. The SMILES string of the molecule is Cc1nc2nc(N3CCO[C@@H](c4cnn(C)c4)C3)nc(-c3ccc(C(F)(F)F)nc3)c2nc1C. The second-order valence-corrected chi connectivity index (χ2v) is 8.12. The van der Waals surface area contributed by atoms with E-state index in [9.17, 15) is 13.2 Å². The lowest BCUT2D eigenvalue weighted by Gasteiger charge is -2.32. The number of pyridine rings is 1. The average molecular weight is 470 g/mol. The van der Waals surface area contributed by atoms with Gasteiger partial charge in [0.05, 0.1) is 30.7 Å². The number of alkyl halides is 3. The number of aromatic nitrogens is 7. The fourth-order valence-electron chi connectivity index (χ4n) is 3.78. The third-order valence-electron chi connectivity index (χ3n) is 5.70. The van der Waals surface area contributed by atoms with E-state index in [0.717, 1.165) is 17.8 Å². The van der Waals surface area contributed by atoms with Gasteiger partial charge in [-0.2, -0.15) is 23.3 Å². The molecule has 1 saturated heterocycles. The predicted molar refractivity (Wildman–Crippen MR) is 117 cm³/mol. The van der Waals surface area contributed by atoms with Gasteiger partial charge in [0, 0.05) is 37.1 Å². The molecule has 0 radical (unpaired) electrons. The predicted octanol–water partition coefficient (Wildman–Crippen LogP) is 3.43. The molecule has 1 atom stereocenters. The van der Waals surface area contributed by atoms with Crippen LogP contribution in [0.25, 0.3) is 22.4 Å². The molecule has 9 nitrogen and oxygen atoms in total. The van der Waals surface area contributed by atoms with Gasteiger partial charge in [0.15, 0.2) is 5.65 Å². The minimum atomic E-state index is -4.53. The number of nitrogens with zero attached hydrogens (tertiary/aromatic N) is 8. The number of rotatable bonds is 3. The van der Waals surface area contributed by atoms with Crippen molar-refractivity contribution < 1.29 is 17.9 Å². The standard InChI is InChI=1S/C22H21F3N8O/c1-12-13(2)29-20-19(28-12)18(14-4-5-17(26-8-14)22(23,24)25)30-21(31-20)33-6-7-34-16(11-33)15-9-27-32(3)10-15/h4-5,8-10,16H,6-7,11H2,1-3H3/t16-/m1/s1. The van der Waals surface area contributed by atoms with Crippen molar-refractivity contribution in [1.82, 2.24) is 34.7 Å². The maximum absolute atomic E-state index is 13.0. The van der Waals surface area contributed by atoms with Crippen LogP contribution in [0.15, 0.2) is 30.7 Å². The van der Waals surface area contributed by atoms with Crippen LogP contribution in [0.2, 0.25) is 0 Å². The molecule has 34 heavy (non-hydrogen) atoms. The molecule has 0 spiro atoms. The van der Waals surface area contributed by atoms with E-state index in [0.29, 0.717) is 59.5 Å². The van der Waals surface area contributed by atoms with E-state index in [2.05, 4.69) is 25.0 Å². The molecule has 1 fully saturated rings. The third-order valence-corrected chi connectivity index (χ3v) is 5.70. The average Bonchev–Trinajstić information content (AvgIpc) is 3.25. The quantitative estimate of drug-likeness (QED) is 0.450. The van der Waals surface area contributed by atoms with E-state index >= 15 is 0 Å². The fourth-order valence-corrected chi connectivity index (χ4v) is 3.78. The van der Waals surface area contributed by atoms with Crippen LogP contribution in [0.4, 0.5) is 19.1 Å². The van der Waals surface area contributed by atoms with E-state index in [1.54, 1.807) is 10.9 Å². The van der Waals surface area contributed by atoms with Gasteiger partial charge in [0.2, 0.25) is 5.95 Å². The minimum Gasteiger partial charge on any atom is -0.370 e. The van der Waals surface area contributed by atoms with Crippen molar-refractivity contribution >= 4 is 17.1 Å². The van der Waals surface area contributed by atoms with Crippen molar-refractivity contribution in [2.45, 2.75) is 26.1 Å². The Bertz CT molecular complexity index is 1350. The van der Waals surface area contributed by atoms with Crippen LogP contribution in [0, 0.1) is 13.8 Å². The molecule has 0 aliphatic carbocycles. The summed E-state index contributed by atoms with van der Waals surface area (Å²) in [5.74, 6) is 0.400. The molecule has 0 saturated carbocycles. The highest BCUT2D eigenvalue weighted by Crippen LogP contribution is 2.32. The first kappa shape index (κ1) is 22.1. The normalized spacial score (nSPS) is 16.9. The van der Waals surface area contributed by atoms with E-state index in [4.69, 9.17) is 9.72 Å². The first-order chi connectivity index (χ1) is 16.2. The molecular weight excluding hydrogens is 449 g/mol. The molecule has 5 rings (SSSR count). The van der Waals surface area contributed by atoms with Crippen LogP contribution in [0.1, 0.15) is 28.7 Å². The Kier molecular flexibility index (Phi) is 5.39. The molecular formula is C22H21F3N8O. The highest BCUT2D eigenvalue weighted by molar-refractivity contribution is 5.87. The van der Waals surface area contributed by atoms with Gasteiger partial charge in [-0.25, -0.2) is 15.0 Å². The number of hydrogen-bond acceptors (Lipinski definition) is 8. The molecule has 0 bridgehead atoms. The van der Waals surface area contributed by atoms with Crippen LogP contribution in [0.5, 0.6) is 0 Å². The number of morpholine rings is 1. The number of hydrogen-bond donors (Lipinski definition) is 0. The second-order valence-electron chi connectivity index (χ2n) is 8.12. The highest BCUT2D eigenvalue weighted by Gasteiger charge is 2.32. The number of halogens is 3. The van der Waals surface area contributed by atoms with Gasteiger partial charge in [0.1, 0.15) is 23.0 Å². The molecule has 0 amide bonds. The number of aryl methyl sites for hydroxylation is 3. The smallest absolute Gasteiger partial charge is 0.370 e. The van der Waals surface area contributed by atoms with Gasteiger partial charge in [-0.3, -0.25) is 9.67 Å². The van der Waals surface area contributed by atoms with Crippen LogP contribution in [-0.2, 0) is 18.0 Å². The van der Waals surface area contributed by atoms with Gasteiger partial charge in [-0.1, -0.05) is 0 Å². The van der Waals surface area contributed by atoms with Gasteiger partial charge in [0.25, 0.3) is 0 Å². The van der Waals surface area contributed by atoms with Crippen molar-refractivity contribution in [3.63, 3.8) is 0 Å².